The van der Waals surface area contributed by atoms with E-state index in [0.29, 0.717) is 43.1 Å². The molecule has 0 spiro atoms. The maximum atomic E-state index is 13.9. The van der Waals surface area contributed by atoms with Crippen LogP contribution in [0.5, 0.6) is 0 Å². The van der Waals surface area contributed by atoms with Gasteiger partial charge in [0, 0.05) is 44.5 Å². The van der Waals surface area contributed by atoms with E-state index in [1.807, 2.05) is 11.0 Å². The Balaban J connectivity index is 1.43. The van der Waals surface area contributed by atoms with Gasteiger partial charge in [0.2, 0.25) is 0 Å². The van der Waals surface area contributed by atoms with Crippen LogP contribution in [0.1, 0.15) is 15.9 Å². The van der Waals surface area contributed by atoms with E-state index in [-0.39, 0.29) is 17.2 Å². The van der Waals surface area contributed by atoms with Crippen LogP contribution in [-0.2, 0) is 0 Å². The average Bonchev–Trinajstić information content (AvgIpc) is 3.29. The molecule has 3 aromatic rings. The molecule has 156 valence electrons. The lowest BCUT2D eigenvalue weighted by atomic mass is 10.1. The van der Waals surface area contributed by atoms with Crippen molar-refractivity contribution in [2.75, 3.05) is 31.1 Å². The minimum absolute atomic E-state index is 0.00616. The van der Waals surface area contributed by atoms with Crippen molar-refractivity contribution in [3.63, 3.8) is 0 Å². The van der Waals surface area contributed by atoms with Crippen molar-refractivity contribution in [1.29, 1.82) is 5.26 Å². The molecule has 0 aliphatic carbocycles. The van der Waals surface area contributed by atoms with Crippen LogP contribution in [0, 0.1) is 27.3 Å². The lowest BCUT2D eigenvalue weighted by Crippen LogP contribution is -2.49. The smallest absolute Gasteiger partial charge is 0.269 e. The number of hydrogen-bond acceptors (Lipinski definition) is 6. The van der Waals surface area contributed by atoms with E-state index in [1.165, 1.54) is 29.1 Å². The predicted octanol–water partition coefficient (Wildman–Crippen LogP) is 2.75. The maximum Gasteiger partial charge on any atom is 0.269 e. The summed E-state index contributed by atoms with van der Waals surface area (Å²) in [7, 11) is 0. The third-order valence-corrected chi connectivity index (χ3v) is 5.17. The lowest BCUT2D eigenvalue weighted by Gasteiger charge is -2.36. The number of hydrogen-bond donors (Lipinski definition) is 0. The monoisotopic (exact) mass is 420 g/mol. The third-order valence-electron chi connectivity index (χ3n) is 5.17. The number of halogens is 1. The van der Waals surface area contributed by atoms with Gasteiger partial charge in [-0.3, -0.25) is 14.9 Å². The fraction of sp³-hybridized carbons (Fsp3) is 0.190. The van der Waals surface area contributed by atoms with E-state index in [9.17, 15) is 24.6 Å². The van der Waals surface area contributed by atoms with E-state index in [0.717, 1.165) is 0 Å². The van der Waals surface area contributed by atoms with Gasteiger partial charge in [-0.2, -0.15) is 10.4 Å². The summed E-state index contributed by atoms with van der Waals surface area (Å²) in [5.74, 6) is -0.746. The fourth-order valence-corrected chi connectivity index (χ4v) is 3.52. The Labute approximate surface area is 176 Å². The lowest BCUT2D eigenvalue weighted by molar-refractivity contribution is -0.384. The van der Waals surface area contributed by atoms with Gasteiger partial charge in [-0.25, -0.2) is 9.07 Å². The number of nitrogens with zero attached hydrogens (tertiary/aromatic N) is 6. The highest BCUT2D eigenvalue weighted by Crippen LogP contribution is 2.24. The van der Waals surface area contributed by atoms with E-state index >= 15 is 0 Å². The van der Waals surface area contributed by atoms with Crippen LogP contribution in [0.2, 0.25) is 0 Å². The quantitative estimate of drug-likeness (QED) is 0.474. The molecule has 10 heteroatoms. The number of rotatable bonds is 4. The Bertz CT molecular complexity index is 1180. The summed E-state index contributed by atoms with van der Waals surface area (Å²) in [5, 5.41) is 24.2. The second-order valence-corrected chi connectivity index (χ2v) is 6.97. The minimum atomic E-state index is -0.558. The standard InChI is InChI=1S/C21H17FN6O3/c22-19-2-1-3-20(18(19)12-23)25-8-10-26(11-9-25)21(29)15-13-24-27(14-15)16-4-6-17(7-5-16)28(30)31/h1-7,13-14H,8-11H2. The molecule has 1 fully saturated rings. The van der Waals surface area contributed by atoms with Crippen LogP contribution in [0.15, 0.2) is 54.9 Å². The second-order valence-electron chi connectivity index (χ2n) is 6.97. The molecule has 0 radical (unpaired) electrons. The SMILES string of the molecule is N#Cc1c(F)cccc1N1CCN(C(=O)c2cnn(-c3ccc([N+](=O)[O-])cc3)c2)CC1. The van der Waals surface area contributed by atoms with Crippen LogP contribution < -0.4 is 4.90 Å². The molecule has 0 N–H and O–H groups in total. The maximum absolute atomic E-state index is 13.9. The molecule has 0 atom stereocenters. The van der Waals surface area contributed by atoms with Crippen LogP contribution in [0.4, 0.5) is 15.8 Å². The van der Waals surface area contributed by atoms with Gasteiger partial charge in [-0.1, -0.05) is 6.07 Å². The van der Waals surface area contributed by atoms with Gasteiger partial charge >= 0.3 is 0 Å². The number of nitriles is 1. The number of carbonyl (C=O) groups is 1. The van der Waals surface area contributed by atoms with Gasteiger partial charge in [0.05, 0.1) is 28.1 Å². The first-order valence-corrected chi connectivity index (χ1v) is 9.50. The van der Waals surface area contributed by atoms with Gasteiger partial charge in [-0.05, 0) is 24.3 Å². The molecule has 1 amide bonds. The third kappa shape index (κ3) is 3.93. The highest BCUT2D eigenvalue weighted by molar-refractivity contribution is 5.94. The number of piperazine rings is 1. The molecule has 0 saturated carbocycles. The van der Waals surface area contributed by atoms with Crippen molar-refractivity contribution in [2.45, 2.75) is 0 Å². The molecule has 0 bridgehead atoms. The number of carbonyl (C=O) groups excluding carboxylic acids is 1. The molecule has 9 nitrogen and oxygen atoms in total. The number of nitro benzene ring substituents is 1. The van der Waals surface area contributed by atoms with Crippen LogP contribution >= 0.6 is 0 Å². The first-order valence-electron chi connectivity index (χ1n) is 9.50. The summed E-state index contributed by atoms with van der Waals surface area (Å²) in [6.07, 6.45) is 3.03. The Kier molecular flexibility index (Phi) is 5.32. The highest BCUT2D eigenvalue weighted by atomic mass is 19.1. The van der Waals surface area contributed by atoms with Crippen LogP contribution in [0.25, 0.3) is 5.69 Å². The number of anilines is 1. The van der Waals surface area contributed by atoms with Crippen molar-refractivity contribution >= 4 is 17.3 Å². The number of amides is 1. The zero-order valence-electron chi connectivity index (χ0n) is 16.3. The summed E-state index contributed by atoms with van der Waals surface area (Å²) in [4.78, 5) is 26.7. The number of non-ortho nitro benzene ring substituents is 1. The molecule has 2 heterocycles. The second kappa shape index (κ2) is 8.23. The summed E-state index contributed by atoms with van der Waals surface area (Å²) < 4.78 is 15.4. The number of aromatic nitrogens is 2. The van der Waals surface area contributed by atoms with Gasteiger partial charge < -0.3 is 9.80 Å². The molecule has 4 rings (SSSR count). The first kappa shape index (κ1) is 20.0. The van der Waals surface area contributed by atoms with Crippen molar-refractivity contribution < 1.29 is 14.1 Å². The predicted molar refractivity (Wildman–Crippen MR) is 109 cm³/mol. The number of benzene rings is 2. The van der Waals surface area contributed by atoms with E-state index in [1.54, 1.807) is 35.4 Å². The zero-order valence-corrected chi connectivity index (χ0v) is 16.3. The Morgan fingerprint density at radius 2 is 1.84 bits per heavy atom. The average molecular weight is 420 g/mol. The zero-order chi connectivity index (χ0) is 22.0. The van der Waals surface area contributed by atoms with E-state index in [4.69, 9.17) is 0 Å². The Morgan fingerprint density at radius 1 is 1.13 bits per heavy atom. The summed E-state index contributed by atoms with van der Waals surface area (Å²) in [5.41, 5.74) is 1.51. The largest absolute Gasteiger partial charge is 0.367 e. The van der Waals surface area contributed by atoms with Gasteiger partial charge in [0.1, 0.15) is 17.4 Å². The van der Waals surface area contributed by atoms with Gasteiger partial charge in [0.25, 0.3) is 11.6 Å². The van der Waals surface area contributed by atoms with Crippen molar-refractivity contribution in [3.05, 3.63) is 81.9 Å². The van der Waals surface area contributed by atoms with Gasteiger partial charge in [-0.15, -0.1) is 0 Å². The highest BCUT2D eigenvalue weighted by Gasteiger charge is 2.25. The summed E-state index contributed by atoms with van der Waals surface area (Å²) >= 11 is 0. The van der Waals surface area contributed by atoms with E-state index in [2.05, 4.69) is 5.10 Å². The molecule has 1 saturated heterocycles. The fourth-order valence-electron chi connectivity index (χ4n) is 3.52. The Hall–Kier alpha value is -4.26. The molecule has 0 unspecified atom stereocenters. The van der Waals surface area contributed by atoms with Crippen molar-refractivity contribution in [1.82, 2.24) is 14.7 Å². The van der Waals surface area contributed by atoms with E-state index < -0.39 is 10.7 Å². The molecular formula is C21H17FN6O3. The van der Waals surface area contributed by atoms with Crippen LogP contribution in [-0.4, -0.2) is 51.7 Å². The molecule has 1 aliphatic rings. The minimum Gasteiger partial charge on any atom is -0.367 e. The summed E-state index contributed by atoms with van der Waals surface area (Å²) in [6.45, 7) is 1.78. The Morgan fingerprint density at radius 3 is 2.48 bits per heavy atom. The molecule has 1 aromatic heterocycles. The summed E-state index contributed by atoms with van der Waals surface area (Å²) in [6, 6.07) is 12.3. The number of nitro groups is 1. The molecule has 1 aliphatic heterocycles. The van der Waals surface area contributed by atoms with Crippen molar-refractivity contribution in [3.8, 4) is 11.8 Å². The molecule has 2 aromatic carbocycles. The topological polar surface area (TPSA) is 108 Å². The van der Waals surface area contributed by atoms with Gasteiger partial charge in [0.15, 0.2) is 0 Å². The van der Waals surface area contributed by atoms with Crippen molar-refractivity contribution in [2.24, 2.45) is 0 Å². The first-order chi connectivity index (χ1) is 15.0. The molecular weight excluding hydrogens is 403 g/mol. The van der Waals surface area contributed by atoms with Crippen LogP contribution in [0.3, 0.4) is 0 Å². The normalized spacial score (nSPS) is 13.7. The molecule has 31 heavy (non-hydrogen) atoms.